The first-order valence-corrected chi connectivity index (χ1v) is 5.18. The molecule has 0 unspecified atom stereocenters. The van der Waals surface area contributed by atoms with Gasteiger partial charge in [0.1, 0.15) is 5.82 Å². The predicted molar refractivity (Wildman–Crippen MR) is 55.9 cm³/mol. The lowest BCUT2D eigenvalue weighted by Crippen LogP contribution is -2.38. The second-order valence-electron chi connectivity index (χ2n) is 4.29. The molecule has 0 saturated carbocycles. The van der Waals surface area contributed by atoms with Crippen LogP contribution in [0, 0.1) is 5.82 Å². The van der Waals surface area contributed by atoms with E-state index in [1.165, 1.54) is 0 Å². The molecule has 14 heavy (non-hydrogen) atoms. The first-order chi connectivity index (χ1) is 6.72. The largest absolute Gasteiger partial charge is 0.317 e. The number of hydrogen-bond acceptors (Lipinski definition) is 1. The van der Waals surface area contributed by atoms with E-state index in [0.29, 0.717) is 0 Å². The average Bonchev–Trinajstić information content (AvgIpc) is 2.19. The minimum Gasteiger partial charge on any atom is -0.317 e. The molecule has 2 heteroatoms. The molecule has 0 aromatic heterocycles. The molecule has 0 aliphatic carbocycles. The summed E-state index contributed by atoms with van der Waals surface area (Å²) in [6.45, 7) is 4.14. The zero-order valence-electron chi connectivity index (χ0n) is 8.52. The van der Waals surface area contributed by atoms with Crippen LogP contribution in [0.15, 0.2) is 24.3 Å². The lowest BCUT2D eigenvalue weighted by Gasteiger charge is -2.34. The fourth-order valence-electron chi connectivity index (χ4n) is 2.20. The van der Waals surface area contributed by atoms with Crippen molar-refractivity contribution >= 4 is 0 Å². The Kier molecular flexibility index (Phi) is 2.55. The molecular formula is C12H16FN. The first kappa shape index (κ1) is 9.66. The molecule has 1 saturated heterocycles. The summed E-state index contributed by atoms with van der Waals surface area (Å²) in [6, 6.07) is 7.15. The van der Waals surface area contributed by atoms with Gasteiger partial charge >= 0.3 is 0 Å². The molecule has 1 N–H and O–H groups in total. The van der Waals surface area contributed by atoms with Crippen LogP contribution < -0.4 is 5.32 Å². The fourth-order valence-corrected chi connectivity index (χ4v) is 2.20. The summed E-state index contributed by atoms with van der Waals surface area (Å²) in [7, 11) is 0. The van der Waals surface area contributed by atoms with Gasteiger partial charge in [-0.3, -0.25) is 0 Å². The minimum absolute atomic E-state index is 0.0244. The van der Waals surface area contributed by atoms with Crippen LogP contribution in [0.2, 0.25) is 0 Å². The molecule has 0 atom stereocenters. The molecular weight excluding hydrogens is 177 g/mol. The van der Waals surface area contributed by atoms with Gasteiger partial charge in [0.2, 0.25) is 0 Å². The van der Waals surface area contributed by atoms with Crippen LogP contribution in [-0.4, -0.2) is 13.1 Å². The molecule has 0 bridgehead atoms. The summed E-state index contributed by atoms with van der Waals surface area (Å²) in [4.78, 5) is 0. The Labute approximate surface area is 84.3 Å². The maximum atomic E-state index is 13.6. The van der Waals surface area contributed by atoms with Crippen molar-refractivity contribution in [2.45, 2.75) is 25.2 Å². The summed E-state index contributed by atoms with van der Waals surface area (Å²) >= 11 is 0. The van der Waals surface area contributed by atoms with Gasteiger partial charge in [-0.1, -0.05) is 25.1 Å². The number of hydrogen-bond donors (Lipinski definition) is 1. The van der Waals surface area contributed by atoms with Crippen molar-refractivity contribution in [1.82, 2.24) is 5.32 Å². The molecule has 1 aromatic rings. The molecule has 76 valence electrons. The van der Waals surface area contributed by atoms with Crippen LogP contribution in [0.3, 0.4) is 0 Å². The second kappa shape index (κ2) is 3.70. The van der Waals surface area contributed by atoms with Crippen molar-refractivity contribution in [3.8, 4) is 0 Å². The van der Waals surface area contributed by atoms with Crippen molar-refractivity contribution in [3.63, 3.8) is 0 Å². The zero-order chi connectivity index (χ0) is 10.0. The first-order valence-electron chi connectivity index (χ1n) is 5.18. The van der Waals surface area contributed by atoms with E-state index in [2.05, 4.69) is 12.2 Å². The van der Waals surface area contributed by atoms with Gasteiger partial charge in [0.15, 0.2) is 0 Å². The predicted octanol–water partition coefficient (Wildman–Crippen LogP) is 2.47. The van der Waals surface area contributed by atoms with E-state index in [0.717, 1.165) is 31.5 Å². The number of piperidine rings is 1. The third-order valence-corrected chi connectivity index (χ3v) is 3.23. The van der Waals surface area contributed by atoms with Gasteiger partial charge in [-0.2, -0.15) is 0 Å². The highest BCUT2D eigenvalue weighted by Crippen LogP contribution is 2.34. The Bertz CT molecular complexity index is 316. The molecule has 0 radical (unpaired) electrons. The normalized spacial score (nSPS) is 20.7. The standard InChI is InChI=1S/C12H16FN/c1-12(6-8-14-9-7-12)10-4-2-3-5-11(10)13/h2-5,14H,6-9H2,1H3. The van der Waals surface area contributed by atoms with E-state index in [9.17, 15) is 4.39 Å². The number of benzene rings is 1. The van der Waals surface area contributed by atoms with Crippen LogP contribution in [0.5, 0.6) is 0 Å². The van der Waals surface area contributed by atoms with E-state index >= 15 is 0 Å². The smallest absolute Gasteiger partial charge is 0.126 e. The van der Waals surface area contributed by atoms with Crippen molar-refractivity contribution < 1.29 is 4.39 Å². The summed E-state index contributed by atoms with van der Waals surface area (Å²) in [5.41, 5.74) is 0.901. The maximum absolute atomic E-state index is 13.6. The van der Waals surface area contributed by atoms with Crippen LogP contribution in [0.4, 0.5) is 4.39 Å². The van der Waals surface area contributed by atoms with Crippen LogP contribution >= 0.6 is 0 Å². The van der Waals surface area contributed by atoms with E-state index in [4.69, 9.17) is 0 Å². The monoisotopic (exact) mass is 193 g/mol. The van der Waals surface area contributed by atoms with Crippen molar-refractivity contribution in [1.29, 1.82) is 0 Å². The Hall–Kier alpha value is -0.890. The zero-order valence-corrected chi connectivity index (χ0v) is 8.52. The van der Waals surface area contributed by atoms with E-state index in [1.54, 1.807) is 12.1 Å². The van der Waals surface area contributed by atoms with Crippen LogP contribution in [-0.2, 0) is 5.41 Å². The third-order valence-electron chi connectivity index (χ3n) is 3.23. The molecule has 1 aliphatic rings. The van der Waals surface area contributed by atoms with Gasteiger partial charge in [-0.15, -0.1) is 0 Å². The highest BCUT2D eigenvalue weighted by molar-refractivity contribution is 5.26. The Balaban J connectivity index is 2.32. The lowest BCUT2D eigenvalue weighted by atomic mass is 9.75. The number of rotatable bonds is 1. The van der Waals surface area contributed by atoms with E-state index in [-0.39, 0.29) is 11.2 Å². The molecule has 1 fully saturated rings. The molecule has 1 nitrogen and oxygen atoms in total. The lowest BCUT2D eigenvalue weighted by molar-refractivity contribution is 0.324. The van der Waals surface area contributed by atoms with E-state index < -0.39 is 0 Å². The fraction of sp³-hybridized carbons (Fsp3) is 0.500. The maximum Gasteiger partial charge on any atom is 0.126 e. The summed E-state index contributed by atoms with van der Waals surface area (Å²) in [5.74, 6) is -0.0584. The number of nitrogens with one attached hydrogen (secondary N) is 1. The van der Waals surface area contributed by atoms with Gasteiger partial charge in [0.25, 0.3) is 0 Å². The molecule has 1 heterocycles. The number of halogens is 1. The second-order valence-corrected chi connectivity index (χ2v) is 4.29. The van der Waals surface area contributed by atoms with Crippen molar-refractivity contribution in [2.75, 3.05) is 13.1 Å². The summed E-state index contributed by atoms with van der Waals surface area (Å²) < 4.78 is 13.6. The molecule has 0 amide bonds. The van der Waals surface area contributed by atoms with Gasteiger partial charge in [-0.25, -0.2) is 4.39 Å². The highest BCUT2D eigenvalue weighted by atomic mass is 19.1. The van der Waals surface area contributed by atoms with Gasteiger partial charge in [0.05, 0.1) is 0 Å². The van der Waals surface area contributed by atoms with E-state index in [1.807, 2.05) is 12.1 Å². The van der Waals surface area contributed by atoms with Crippen LogP contribution in [0.1, 0.15) is 25.3 Å². The van der Waals surface area contributed by atoms with Crippen LogP contribution in [0.25, 0.3) is 0 Å². The van der Waals surface area contributed by atoms with Gasteiger partial charge in [0, 0.05) is 0 Å². The van der Waals surface area contributed by atoms with Gasteiger partial charge in [-0.05, 0) is 43.0 Å². The average molecular weight is 193 g/mol. The van der Waals surface area contributed by atoms with Crippen molar-refractivity contribution in [2.24, 2.45) is 0 Å². The quantitative estimate of drug-likeness (QED) is 0.722. The van der Waals surface area contributed by atoms with Crippen molar-refractivity contribution in [3.05, 3.63) is 35.6 Å². The molecule has 2 rings (SSSR count). The molecule has 1 aromatic carbocycles. The Morgan fingerprint density at radius 3 is 2.50 bits per heavy atom. The third kappa shape index (κ3) is 1.67. The Morgan fingerprint density at radius 1 is 1.21 bits per heavy atom. The molecule has 1 aliphatic heterocycles. The Morgan fingerprint density at radius 2 is 1.86 bits per heavy atom. The highest BCUT2D eigenvalue weighted by Gasteiger charge is 2.30. The topological polar surface area (TPSA) is 12.0 Å². The SMILES string of the molecule is CC1(c2ccccc2F)CCNCC1. The summed E-state index contributed by atoms with van der Waals surface area (Å²) in [5, 5.41) is 3.31. The minimum atomic E-state index is -0.0584. The van der Waals surface area contributed by atoms with Gasteiger partial charge < -0.3 is 5.32 Å². The summed E-state index contributed by atoms with van der Waals surface area (Å²) in [6.07, 6.45) is 2.04. The molecule has 0 spiro atoms.